The zero-order valence-corrected chi connectivity index (χ0v) is 9.67. The third kappa shape index (κ3) is 3.01. The lowest BCUT2D eigenvalue weighted by Crippen LogP contribution is -2.19. The van der Waals surface area contributed by atoms with Crippen molar-refractivity contribution >= 4 is 11.4 Å². The summed E-state index contributed by atoms with van der Waals surface area (Å²) in [5.74, 6) is 0. The van der Waals surface area contributed by atoms with Gasteiger partial charge in [0.1, 0.15) is 0 Å². The summed E-state index contributed by atoms with van der Waals surface area (Å²) >= 11 is 0. The maximum atomic E-state index is 10.9. The molecule has 0 radical (unpaired) electrons. The highest BCUT2D eigenvalue weighted by atomic mass is 16.6. The van der Waals surface area contributed by atoms with Gasteiger partial charge in [-0.15, -0.1) is 0 Å². The van der Waals surface area contributed by atoms with Crippen LogP contribution in [0, 0.1) is 20.2 Å². The molecule has 0 bridgehead atoms. The maximum absolute atomic E-state index is 10.9. The molecule has 0 spiro atoms. The first kappa shape index (κ1) is 12.4. The van der Waals surface area contributed by atoms with Crippen molar-refractivity contribution in [2.75, 3.05) is 6.54 Å². The van der Waals surface area contributed by atoms with Crippen LogP contribution in [0.2, 0.25) is 0 Å². The molecule has 0 heterocycles. The molecule has 18 heavy (non-hydrogen) atoms. The monoisotopic (exact) mass is 251 g/mol. The van der Waals surface area contributed by atoms with Crippen LogP contribution in [-0.4, -0.2) is 22.4 Å². The second-order valence-corrected chi connectivity index (χ2v) is 4.31. The van der Waals surface area contributed by atoms with Gasteiger partial charge < -0.3 is 5.32 Å². The molecule has 0 amide bonds. The van der Waals surface area contributed by atoms with E-state index in [-0.39, 0.29) is 11.4 Å². The molecule has 1 aromatic carbocycles. The molecule has 2 rings (SSSR count). The van der Waals surface area contributed by atoms with Gasteiger partial charge in [-0.2, -0.15) is 0 Å². The van der Waals surface area contributed by atoms with E-state index in [0.717, 1.165) is 18.9 Å². The summed E-state index contributed by atoms with van der Waals surface area (Å²) in [6, 6.07) is 4.33. The quantitative estimate of drug-likeness (QED) is 0.614. The largest absolute Gasteiger partial charge is 0.314 e. The van der Waals surface area contributed by atoms with Crippen molar-refractivity contribution in [2.24, 2.45) is 0 Å². The normalized spacial score (nSPS) is 14.4. The minimum absolute atomic E-state index is 0.179. The van der Waals surface area contributed by atoms with Gasteiger partial charge in [-0.3, -0.25) is 20.2 Å². The molecular formula is C11H13N3O4. The van der Waals surface area contributed by atoms with E-state index < -0.39 is 9.85 Å². The fourth-order valence-corrected chi connectivity index (χ4v) is 1.75. The Labute approximate surface area is 103 Å². The predicted octanol–water partition coefficient (Wildman–Crippen LogP) is 1.80. The van der Waals surface area contributed by atoms with E-state index in [9.17, 15) is 20.2 Å². The van der Waals surface area contributed by atoms with Crippen LogP contribution < -0.4 is 5.32 Å². The highest BCUT2D eigenvalue weighted by Crippen LogP contribution is 2.25. The first-order valence-electron chi connectivity index (χ1n) is 5.73. The van der Waals surface area contributed by atoms with Gasteiger partial charge in [0.05, 0.1) is 15.9 Å². The second kappa shape index (κ2) is 5.09. The summed E-state index contributed by atoms with van der Waals surface area (Å²) in [5.41, 5.74) is 0.0983. The molecule has 0 aromatic heterocycles. The SMILES string of the molecule is O=[N+]([O-])c1ccc(CCNC2CC2)c([N+](=O)[O-])c1. The molecule has 0 saturated heterocycles. The smallest absolute Gasteiger partial charge is 0.279 e. The number of non-ortho nitro benzene ring substituents is 1. The van der Waals surface area contributed by atoms with Crippen LogP contribution >= 0.6 is 0 Å². The molecule has 0 atom stereocenters. The molecule has 96 valence electrons. The number of hydrogen-bond donors (Lipinski definition) is 1. The Bertz CT molecular complexity index is 485. The molecule has 1 saturated carbocycles. The summed E-state index contributed by atoms with van der Waals surface area (Å²) in [6.07, 6.45) is 2.81. The zero-order valence-electron chi connectivity index (χ0n) is 9.67. The summed E-state index contributed by atoms with van der Waals surface area (Å²) in [4.78, 5) is 20.2. The van der Waals surface area contributed by atoms with Crippen molar-refractivity contribution in [1.82, 2.24) is 5.32 Å². The fourth-order valence-electron chi connectivity index (χ4n) is 1.75. The fraction of sp³-hybridized carbons (Fsp3) is 0.455. The topological polar surface area (TPSA) is 98.3 Å². The van der Waals surface area contributed by atoms with Crippen LogP contribution in [0.3, 0.4) is 0 Å². The zero-order chi connectivity index (χ0) is 13.1. The van der Waals surface area contributed by atoms with Gasteiger partial charge >= 0.3 is 0 Å². The van der Waals surface area contributed by atoms with E-state index in [1.54, 1.807) is 0 Å². The Morgan fingerprint density at radius 3 is 2.50 bits per heavy atom. The Morgan fingerprint density at radius 2 is 1.94 bits per heavy atom. The van der Waals surface area contributed by atoms with Crippen LogP contribution in [0.4, 0.5) is 11.4 Å². The number of nitrogens with one attached hydrogen (secondary N) is 1. The number of benzene rings is 1. The van der Waals surface area contributed by atoms with E-state index in [4.69, 9.17) is 0 Å². The van der Waals surface area contributed by atoms with Crippen LogP contribution in [0.1, 0.15) is 18.4 Å². The molecule has 1 aliphatic rings. The van der Waals surface area contributed by atoms with Crippen LogP contribution in [0.15, 0.2) is 18.2 Å². The third-order valence-corrected chi connectivity index (χ3v) is 2.88. The van der Waals surface area contributed by atoms with Gasteiger partial charge in [-0.05, 0) is 31.9 Å². The second-order valence-electron chi connectivity index (χ2n) is 4.31. The minimum Gasteiger partial charge on any atom is -0.314 e. The average Bonchev–Trinajstić information content (AvgIpc) is 3.13. The Morgan fingerprint density at radius 1 is 1.22 bits per heavy atom. The summed E-state index contributed by atoms with van der Waals surface area (Å²) in [5, 5.41) is 24.7. The van der Waals surface area contributed by atoms with E-state index >= 15 is 0 Å². The molecule has 0 unspecified atom stereocenters. The van der Waals surface area contributed by atoms with E-state index in [1.165, 1.54) is 12.1 Å². The molecule has 1 aromatic rings. The lowest BCUT2D eigenvalue weighted by Gasteiger charge is -2.04. The molecule has 7 heteroatoms. The summed E-state index contributed by atoms with van der Waals surface area (Å²) in [6.45, 7) is 0.656. The summed E-state index contributed by atoms with van der Waals surface area (Å²) < 4.78 is 0. The van der Waals surface area contributed by atoms with Gasteiger partial charge in [-0.1, -0.05) is 0 Å². The first-order chi connectivity index (χ1) is 8.58. The Balaban J connectivity index is 2.11. The number of nitro benzene ring substituents is 2. The van der Waals surface area contributed by atoms with Crippen molar-refractivity contribution in [2.45, 2.75) is 25.3 Å². The van der Waals surface area contributed by atoms with Crippen LogP contribution in [-0.2, 0) is 6.42 Å². The molecular weight excluding hydrogens is 238 g/mol. The number of nitrogens with zero attached hydrogens (tertiary/aromatic N) is 2. The van der Waals surface area contributed by atoms with Crippen LogP contribution in [0.25, 0.3) is 0 Å². The molecule has 7 nitrogen and oxygen atoms in total. The van der Waals surface area contributed by atoms with Gasteiger partial charge in [0.25, 0.3) is 11.4 Å². The third-order valence-electron chi connectivity index (χ3n) is 2.88. The van der Waals surface area contributed by atoms with Crippen molar-refractivity contribution in [1.29, 1.82) is 0 Å². The van der Waals surface area contributed by atoms with Crippen molar-refractivity contribution < 1.29 is 9.85 Å². The first-order valence-corrected chi connectivity index (χ1v) is 5.73. The number of hydrogen-bond acceptors (Lipinski definition) is 5. The van der Waals surface area contributed by atoms with E-state index in [0.29, 0.717) is 24.6 Å². The Hall–Kier alpha value is -2.02. The molecule has 1 fully saturated rings. The predicted molar refractivity (Wildman–Crippen MR) is 64.5 cm³/mol. The minimum atomic E-state index is -0.626. The maximum Gasteiger partial charge on any atom is 0.279 e. The van der Waals surface area contributed by atoms with Crippen molar-refractivity contribution in [3.05, 3.63) is 44.0 Å². The van der Waals surface area contributed by atoms with Crippen molar-refractivity contribution in [3.63, 3.8) is 0 Å². The molecule has 0 aliphatic heterocycles. The van der Waals surface area contributed by atoms with Crippen molar-refractivity contribution in [3.8, 4) is 0 Å². The standard InChI is InChI=1S/C11H13N3O4/c15-13(16)10-4-1-8(11(7-10)14(17)18)5-6-12-9-2-3-9/h1,4,7,9,12H,2-3,5-6H2. The lowest BCUT2D eigenvalue weighted by atomic mass is 10.1. The van der Waals surface area contributed by atoms with E-state index in [2.05, 4.69) is 5.32 Å². The van der Waals surface area contributed by atoms with Gasteiger partial charge in [0.2, 0.25) is 0 Å². The number of nitro groups is 2. The highest BCUT2D eigenvalue weighted by Gasteiger charge is 2.22. The van der Waals surface area contributed by atoms with Gasteiger partial charge in [0, 0.05) is 17.7 Å². The molecule has 1 aliphatic carbocycles. The average molecular weight is 251 g/mol. The molecule has 1 N–H and O–H groups in total. The van der Waals surface area contributed by atoms with Crippen LogP contribution in [0.5, 0.6) is 0 Å². The Kier molecular flexibility index (Phi) is 3.52. The highest BCUT2D eigenvalue weighted by molar-refractivity contribution is 5.49. The number of rotatable bonds is 6. The van der Waals surface area contributed by atoms with Gasteiger partial charge in [0.15, 0.2) is 0 Å². The summed E-state index contributed by atoms with van der Waals surface area (Å²) in [7, 11) is 0. The van der Waals surface area contributed by atoms with Gasteiger partial charge in [-0.25, -0.2) is 0 Å². The van der Waals surface area contributed by atoms with E-state index in [1.807, 2.05) is 0 Å². The lowest BCUT2D eigenvalue weighted by molar-refractivity contribution is -0.394.